The van der Waals surface area contributed by atoms with E-state index in [0.717, 1.165) is 44.1 Å². The zero-order valence-corrected chi connectivity index (χ0v) is 19.0. The predicted molar refractivity (Wildman–Crippen MR) is 120 cm³/mol. The van der Waals surface area contributed by atoms with Gasteiger partial charge in [-0.1, -0.05) is 30.7 Å². The van der Waals surface area contributed by atoms with Crippen molar-refractivity contribution in [3.8, 4) is 5.75 Å². The molecule has 1 fully saturated rings. The first-order chi connectivity index (χ1) is 14.9. The molecule has 166 valence electrons. The molecule has 1 heterocycles. The van der Waals surface area contributed by atoms with E-state index in [1.165, 1.54) is 23.0 Å². The van der Waals surface area contributed by atoms with Gasteiger partial charge in [0.2, 0.25) is 10.0 Å². The van der Waals surface area contributed by atoms with Gasteiger partial charge in [0.25, 0.3) is 5.91 Å². The van der Waals surface area contributed by atoms with Crippen LogP contribution < -0.4 is 10.1 Å². The fourth-order valence-electron chi connectivity index (χ4n) is 4.72. The van der Waals surface area contributed by atoms with Gasteiger partial charge in [-0.3, -0.25) is 4.79 Å². The first-order valence-corrected chi connectivity index (χ1v) is 12.4. The lowest BCUT2D eigenvalue weighted by Gasteiger charge is -2.32. The molecular formula is C24H30N2O4S. The number of hydrogen-bond donors (Lipinski definition) is 1. The number of sulfonamides is 1. The fraction of sp³-hybridized carbons (Fsp3) is 0.458. The van der Waals surface area contributed by atoms with Crippen LogP contribution in [0.4, 0.5) is 0 Å². The van der Waals surface area contributed by atoms with E-state index >= 15 is 0 Å². The highest BCUT2D eigenvalue weighted by Crippen LogP contribution is 2.33. The third-order valence-corrected chi connectivity index (χ3v) is 8.46. The van der Waals surface area contributed by atoms with E-state index < -0.39 is 10.0 Å². The topological polar surface area (TPSA) is 75.7 Å². The Labute approximate surface area is 184 Å². The normalized spacial score (nSPS) is 21.9. The highest BCUT2D eigenvalue weighted by Gasteiger charge is 2.34. The molecule has 6 nitrogen and oxygen atoms in total. The molecule has 31 heavy (non-hydrogen) atoms. The van der Waals surface area contributed by atoms with Gasteiger partial charge in [-0.15, -0.1) is 0 Å². The number of rotatable bonds is 5. The van der Waals surface area contributed by atoms with E-state index in [9.17, 15) is 13.2 Å². The molecule has 0 unspecified atom stereocenters. The van der Waals surface area contributed by atoms with Crippen molar-refractivity contribution in [1.29, 1.82) is 0 Å². The van der Waals surface area contributed by atoms with Gasteiger partial charge in [-0.25, -0.2) is 8.42 Å². The van der Waals surface area contributed by atoms with Crippen molar-refractivity contribution in [2.24, 2.45) is 0 Å². The Hall–Kier alpha value is -2.38. The Kier molecular flexibility index (Phi) is 6.34. The minimum atomic E-state index is -3.76. The zero-order chi connectivity index (χ0) is 22.0. The highest BCUT2D eigenvalue weighted by molar-refractivity contribution is 7.89. The summed E-state index contributed by atoms with van der Waals surface area (Å²) in [5.41, 5.74) is 2.73. The first-order valence-electron chi connectivity index (χ1n) is 11.0. The minimum Gasteiger partial charge on any atom is -0.495 e. The zero-order valence-electron chi connectivity index (χ0n) is 18.1. The molecule has 1 amide bonds. The smallest absolute Gasteiger partial charge is 0.251 e. The van der Waals surface area contributed by atoms with Crippen LogP contribution in [-0.2, 0) is 16.4 Å². The van der Waals surface area contributed by atoms with Crippen LogP contribution in [0.5, 0.6) is 5.75 Å². The van der Waals surface area contributed by atoms with Crippen LogP contribution in [0.1, 0.15) is 66.6 Å². The lowest BCUT2D eigenvalue weighted by atomic mass is 9.87. The number of carbonyl (C=O) groups is 1. The molecule has 7 heteroatoms. The summed E-state index contributed by atoms with van der Waals surface area (Å²) in [4.78, 5) is 13.1. The second kappa shape index (κ2) is 9.01. The van der Waals surface area contributed by atoms with Crippen LogP contribution in [0.25, 0.3) is 0 Å². The minimum absolute atomic E-state index is 0.0560. The van der Waals surface area contributed by atoms with Gasteiger partial charge in [0, 0.05) is 18.2 Å². The molecule has 2 aromatic rings. The second-order valence-corrected chi connectivity index (χ2v) is 10.3. The van der Waals surface area contributed by atoms with Gasteiger partial charge in [0.1, 0.15) is 10.6 Å². The van der Waals surface area contributed by atoms with E-state index in [1.54, 1.807) is 12.1 Å². The fourth-order valence-corrected chi connectivity index (χ4v) is 6.60. The van der Waals surface area contributed by atoms with Gasteiger partial charge in [-0.05, 0) is 68.4 Å². The standard InChI is InChI=1S/C24H30N2O4S/c1-17-8-5-6-15-26(17)31(28,29)23-16-19(13-14-22(23)30-2)24(27)25-21-12-7-10-18-9-3-4-11-20(18)21/h3-4,9,11,13-14,16-17,21H,5-8,10,12,15H2,1-2H3,(H,25,27)/t17-,21+/m0/s1. The Morgan fingerprint density at radius 3 is 2.68 bits per heavy atom. The molecule has 0 saturated carbocycles. The third kappa shape index (κ3) is 4.34. The number of benzene rings is 2. The van der Waals surface area contributed by atoms with E-state index in [2.05, 4.69) is 17.4 Å². The van der Waals surface area contributed by atoms with Crippen molar-refractivity contribution < 1.29 is 17.9 Å². The van der Waals surface area contributed by atoms with Gasteiger partial charge >= 0.3 is 0 Å². The summed E-state index contributed by atoms with van der Waals surface area (Å²) in [5, 5.41) is 3.11. The quantitative estimate of drug-likeness (QED) is 0.758. The largest absolute Gasteiger partial charge is 0.495 e. The molecule has 1 saturated heterocycles. The number of hydrogen-bond acceptors (Lipinski definition) is 4. The van der Waals surface area contributed by atoms with Crippen LogP contribution in [-0.4, -0.2) is 38.3 Å². The molecule has 4 rings (SSSR count). The van der Waals surface area contributed by atoms with Gasteiger partial charge in [0.15, 0.2) is 0 Å². The number of fused-ring (bicyclic) bond motifs is 1. The summed E-state index contributed by atoms with van der Waals surface area (Å²) in [6.07, 6.45) is 5.60. The second-order valence-electron chi connectivity index (χ2n) is 8.44. The molecule has 1 aliphatic heterocycles. The van der Waals surface area contributed by atoms with Crippen LogP contribution in [0, 0.1) is 0 Å². The molecular weight excluding hydrogens is 412 g/mol. The maximum atomic E-state index is 13.4. The number of ether oxygens (including phenoxy) is 1. The maximum Gasteiger partial charge on any atom is 0.251 e. The molecule has 0 bridgehead atoms. The van der Waals surface area contributed by atoms with E-state index in [-0.39, 0.29) is 28.6 Å². The van der Waals surface area contributed by atoms with Crippen molar-refractivity contribution >= 4 is 15.9 Å². The van der Waals surface area contributed by atoms with Crippen LogP contribution in [0.15, 0.2) is 47.4 Å². The average molecular weight is 443 g/mol. The predicted octanol–water partition coefficient (Wildman–Crippen LogP) is 4.07. The Bertz CT molecular complexity index is 1070. The molecule has 2 aromatic carbocycles. The van der Waals surface area contributed by atoms with Crippen molar-refractivity contribution in [1.82, 2.24) is 9.62 Å². The summed E-state index contributed by atoms with van der Waals surface area (Å²) in [7, 11) is -2.31. The van der Waals surface area contributed by atoms with Crippen LogP contribution >= 0.6 is 0 Å². The van der Waals surface area contributed by atoms with E-state index in [4.69, 9.17) is 4.74 Å². The molecule has 1 N–H and O–H groups in total. The van der Waals surface area contributed by atoms with Gasteiger partial charge < -0.3 is 10.1 Å². The summed E-state index contributed by atoms with van der Waals surface area (Å²) in [5.74, 6) is -0.00941. The van der Waals surface area contributed by atoms with Crippen molar-refractivity contribution in [3.05, 3.63) is 59.2 Å². The molecule has 1 aliphatic carbocycles. The average Bonchev–Trinajstić information content (AvgIpc) is 2.79. The lowest BCUT2D eigenvalue weighted by Crippen LogP contribution is -2.42. The number of nitrogens with one attached hydrogen (secondary N) is 1. The lowest BCUT2D eigenvalue weighted by molar-refractivity contribution is 0.0932. The maximum absolute atomic E-state index is 13.4. The third-order valence-electron chi connectivity index (χ3n) is 6.43. The van der Waals surface area contributed by atoms with Crippen LogP contribution in [0.3, 0.4) is 0 Å². The summed E-state index contributed by atoms with van der Waals surface area (Å²) in [6, 6.07) is 12.7. The van der Waals surface area contributed by atoms with Crippen LogP contribution in [0.2, 0.25) is 0 Å². The first kappa shape index (κ1) is 21.8. The summed E-state index contributed by atoms with van der Waals surface area (Å²) >= 11 is 0. The van der Waals surface area contributed by atoms with E-state index in [1.807, 2.05) is 19.1 Å². The number of piperidine rings is 1. The SMILES string of the molecule is COc1ccc(C(=O)N[C@@H]2CCCc3ccccc32)cc1S(=O)(=O)N1CCCC[C@@H]1C. The summed E-state index contributed by atoms with van der Waals surface area (Å²) in [6.45, 7) is 2.42. The van der Waals surface area contributed by atoms with Crippen molar-refractivity contribution in [2.75, 3.05) is 13.7 Å². The van der Waals surface area contributed by atoms with Gasteiger partial charge in [-0.2, -0.15) is 4.31 Å². The van der Waals surface area contributed by atoms with E-state index in [0.29, 0.717) is 12.1 Å². The molecule has 0 radical (unpaired) electrons. The Morgan fingerprint density at radius 2 is 1.90 bits per heavy atom. The monoisotopic (exact) mass is 442 g/mol. The molecule has 2 atom stereocenters. The molecule has 0 aromatic heterocycles. The number of aryl methyl sites for hydroxylation is 1. The van der Waals surface area contributed by atoms with Crippen molar-refractivity contribution in [2.45, 2.75) is 62.4 Å². The number of methoxy groups -OCH3 is 1. The Balaban J connectivity index is 1.63. The molecule has 2 aliphatic rings. The Morgan fingerprint density at radius 1 is 1.10 bits per heavy atom. The number of amides is 1. The number of carbonyl (C=O) groups excluding carboxylic acids is 1. The highest BCUT2D eigenvalue weighted by atomic mass is 32.2. The van der Waals surface area contributed by atoms with Crippen molar-refractivity contribution in [3.63, 3.8) is 0 Å². The van der Waals surface area contributed by atoms with Gasteiger partial charge in [0.05, 0.1) is 13.2 Å². The number of nitrogens with zero attached hydrogens (tertiary/aromatic N) is 1. The summed E-state index contributed by atoms with van der Waals surface area (Å²) < 4.78 is 33.7. The molecule has 0 spiro atoms.